The van der Waals surface area contributed by atoms with Crippen LogP contribution in [-0.4, -0.2) is 48.4 Å². The van der Waals surface area contributed by atoms with Gasteiger partial charge < -0.3 is 14.5 Å². The SMILES string of the molecule is CN(Cc1ccccc1)C(=O)C[C@@]1(COc2ccc(Cl)cc2)CCCN(C(=O)c2ccc(C(C)(C)C)cc2)C1. The van der Waals surface area contributed by atoms with Gasteiger partial charge in [-0.1, -0.05) is 74.8 Å². The van der Waals surface area contributed by atoms with E-state index < -0.39 is 5.41 Å². The van der Waals surface area contributed by atoms with Crippen LogP contribution < -0.4 is 4.74 Å². The number of hydrogen-bond donors (Lipinski definition) is 0. The Balaban J connectivity index is 1.52. The monoisotopic (exact) mass is 546 g/mol. The number of hydrogen-bond acceptors (Lipinski definition) is 3. The predicted molar refractivity (Wildman–Crippen MR) is 157 cm³/mol. The fourth-order valence-electron chi connectivity index (χ4n) is 5.16. The third-order valence-corrected chi connectivity index (χ3v) is 7.77. The maximum absolute atomic E-state index is 13.6. The van der Waals surface area contributed by atoms with E-state index in [0.29, 0.717) is 49.0 Å². The van der Waals surface area contributed by atoms with Crippen LogP contribution in [0.2, 0.25) is 5.02 Å². The molecule has 0 unspecified atom stereocenters. The van der Waals surface area contributed by atoms with Crippen LogP contribution in [0.15, 0.2) is 78.9 Å². The molecule has 3 aromatic rings. The zero-order valence-corrected chi connectivity index (χ0v) is 24.2. The van der Waals surface area contributed by atoms with Crippen molar-refractivity contribution in [2.24, 2.45) is 5.41 Å². The maximum Gasteiger partial charge on any atom is 0.253 e. The minimum absolute atomic E-state index is 0.00360. The van der Waals surface area contributed by atoms with Crippen molar-refractivity contribution in [2.75, 3.05) is 26.7 Å². The summed E-state index contributed by atoms with van der Waals surface area (Å²) >= 11 is 6.05. The molecule has 0 aliphatic carbocycles. The first kappa shape index (κ1) is 28.7. The molecule has 3 aromatic carbocycles. The van der Waals surface area contributed by atoms with Crippen LogP contribution in [0.5, 0.6) is 5.75 Å². The third-order valence-electron chi connectivity index (χ3n) is 7.52. The molecular weight excluding hydrogens is 508 g/mol. The molecule has 0 aromatic heterocycles. The highest BCUT2D eigenvalue weighted by molar-refractivity contribution is 6.30. The molecule has 1 saturated heterocycles. The second-order valence-corrected chi connectivity index (χ2v) is 12.2. The Morgan fingerprint density at radius 3 is 2.28 bits per heavy atom. The van der Waals surface area contributed by atoms with E-state index >= 15 is 0 Å². The Morgan fingerprint density at radius 2 is 1.64 bits per heavy atom. The quantitative estimate of drug-likeness (QED) is 0.306. The summed E-state index contributed by atoms with van der Waals surface area (Å²) in [5.41, 5.74) is 2.47. The number of carbonyl (C=O) groups excluding carboxylic acids is 2. The van der Waals surface area contributed by atoms with E-state index in [1.807, 2.05) is 78.7 Å². The summed E-state index contributed by atoms with van der Waals surface area (Å²) in [5.74, 6) is 0.739. The molecule has 1 heterocycles. The molecule has 0 bridgehead atoms. The highest BCUT2D eigenvalue weighted by Crippen LogP contribution is 2.36. The highest BCUT2D eigenvalue weighted by atomic mass is 35.5. The molecular formula is C33H39ClN2O3. The number of amides is 2. The van der Waals surface area contributed by atoms with Gasteiger partial charge in [0.15, 0.2) is 0 Å². The van der Waals surface area contributed by atoms with Crippen LogP contribution in [0.25, 0.3) is 0 Å². The Morgan fingerprint density at radius 1 is 0.974 bits per heavy atom. The Hall–Kier alpha value is -3.31. The molecule has 0 spiro atoms. The van der Waals surface area contributed by atoms with Crippen molar-refractivity contribution in [3.63, 3.8) is 0 Å². The fourth-order valence-corrected chi connectivity index (χ4v) is 5.28. The predicted octanol–water partition coefficient (Wildman–Crippen LogP) is 6.99. The van der Waals surface area contributed by atoms with E-state index in [4.69, 9.17) is 16.3 Å². The van der Waals surface area contributed by atoms with Crippen LogP contribution in [0, 0.1) is 5.41 Å². The van der Waals surface area contributed by atoms with Crippen LogP contribution in [-0.2, 0) is 16.8 Å². The van der Waals surface area contributed by atoms with Crippen molar-refractivity contribution < 1.29 is 14.3 Å². The molecule has 0 N–H and O–H groups in total. The van der Waals surface area contributed by atoms with Gasteiger partial charge >= 0.3 is 0 Å². The highest BCUT2D eigenvalue weighted by Gasteiger charge is 2.40. The number of rotatable bonds is 8. The molecule has 206 valence electrons. The largest absolute Gasteiger partial charge is 0.493 e. The van der Waals surface area contributed by atoms with E-state index in [0.717, 1.165) is 18.4 Å². The van der Waals surface area contributed by atoms with Gasteiger partial charge in [-0.2, -0.15) is 0 Å². The van der Waals surface area contributed by atoms with Crippen molar-refractivity contribution in [3.8, 4) is 5.75 Å². The minimum atomic E-state index is -0.499. The van der Waals surface area contributed by atoms with Crippen molar-refractivity contribution in [2.45, 2.75) is 52.0 Å². The molecule has 4 rings (SSSR count). The molecule has 6 heteroatoms. The number of nitrogens with zero attached hydrogens (tertiary/aromatic N) is 2. The maximum atomic E-state index is 13.6. The third kappa shape index (κ3) is 7.63. The molecule has 1 aliphatic heterocycles. The van der Waals surface area contributed by atoms with Gasteiger partial charge in [0.25, 0.3) is 5.91 Å². The molecule has 1 aliphatic rings. The Kier molecular flexibility index (Phi) is 9.01. The Bertz CT molecular complexity index is 1250. The van der Waals surface area contributed by atoms with Crippen LogP contribution >= 0.6 is 11.6 Å². The lowest BCUT2D eigenvalue weighted by Crippen LogP contribution is -2.50. The van der Waals surface area contributed by atoms with Crippen molar-refractivity contribution in [1.29, 1.82) is 0 Å². The van der Waals surface area contributed by atoms with Gasteiger partial charge in [0.05, 0.1) is 6.61 Å². The first-order chi connectivity index (χ1) is 18.5. The van der Waals surface area contributed by atoms with Gasteiger partial charge in [-0.3, -0.25) is 9.59 Å². The first-order valence-electron chi connectivity index (χ1n) is 13.6. The summed E-state index contributed by atoms with van der Waals surface area (Å²) in [6.07, 6.45) is 1.92. The molecule has 2 amide bonds. The smallest absolute Gasteiger partial charge is 0.253 e. The van der Waals surface area contributed by atoms with Crippen molar-refractivity contribution in [1.82, 2.24) is 9.80 Å². The van der Waals surface area contributed by atoms with E-state index in [1.54, 1.807) is 17.0 Å². The van der Waals surface area contributed by atoms with Gasteiger partial charge in [-0.15, -0.1) is 0 Å². The van der Waals surface area contributed by atoms with Crippen molar-refractivity contribution in [3.05, 3.63) is 101 Å². The number of ether oxygens (including phenoxy) is 1. The second kappa shape index (κ2) is 12.3. The van der Waals surface area contributed by atoms with Gasteiger partial charge in [0.2, 0.25) is 5.91 Å². The summed E-state index contributed by atoms with van der Waals surface area (Å²) < 4.78 is 6.22. The number of carbonyl (C=O) groups is 2. The summed E-state index contributed by atoms with van der Waals surface area (Å²) in [6.45, 7) is 8.49. The second-order valence-electron chi connectivity index (χ2n) is 11.8. The van der Waals surface area contributed by atoms with E-state index in [9.17, 15) is 9.59 Å². The molecule has 0 saturated carbocycles. The first-order valence-corrected chi connectivity index (χ1v) is 14.0. The number of halogens is 1. The van der Waals surface area contributed by atoms with Crippen LogP contribution in [0.3, 0.4) is 0 Å². The van der Waals surface area contributed by atoms with E-state index in [2.05, 4.69) is 20.8 Å². The number of likely N-dealkylation sites (tertiary alicyclic amines) is 1. The average Bonchev–Trinajstić information content (AvgIpc) is 2.92. The minimum Gasteiger partial charge on any atom is -0.493 e. The van der Waals surface area contributed by atoms with E-state index in [-0.39, 0.29) is 17.2 Å². The lowest BCUT2D eigenvalue weighted by Gasteiger charge is -2.43. The zero-order chi connectivity index (χ0) is 28.0. The lowest BCUT2D eigenvalue weighted by molar-refractivity contribution is -0.134. The van der Waals surface area contributed by atoms with Crippen LogP contribution in [0.4, 0.5) is 0 Å². The molecule has 1 atom stereocenters. The standard InChI is InChI=1S/C33H39ClN2O3/c1-32(2,3)27-13-11-26(12-14-27)31(38)36-20-8-19-33(23-36,24-39-29-17-15-28(34)16-18-29)21-30(37)35(4)22-25-9-6-5-7-10-25/h5-7,9-18H,8,19-24H2,1-4H3/t33-/m0/s1. The summed E-state index contributed by atoms with van der Waals surface area (Å²) in [7, 11) is 1.84. The lowest BCUT2D eigenvalue weighted by atomic mass is 9.77. The normalized spacial score (nSPS) is 17.5. The number of benzene rings is 3. The van der Waals surface area contributed by atoms with Gasteiger partial charge in [0.1, 0.15) is 5.75 Å². The summed E-state index contributed by atoms with van der Waals surface area (Å²) in [5, 5.41) is 0.640. The van der Waals surface area contributed by atoms with Crippen molar-refractivity contribution >= 4 is 23.4 Å². The van der Waals surface area contributed by atoms with Gasteiger partial charge in [-0.25, -0.2) is 0 Å². The van der Waals surface area contributed by atoms with Crippen LogP contribution in [0.1, 0.15) is 61.5 Å². The zero-order valence-electron chi connectivity index (χ0n) is 23.5. The number of piperidine rings is 1. The summed E-state index contributed by atoms with van der Waals surface area (Å²) in [4.78, 5) is 30.8. The molecule has 1 fully saturated rings. The van der Waals surface area contributed by atoms with Gasteiger partial charge in [-0.05, 0) is 65.8 Å². The van der Waals surface area contributed by atoms with E-state index in [1.165, 1.54) is 5.56 Å². The molecule has 39 heavy (non-hydrogen) atoms. The topological polar surface area (TPSA) is 49.9 Å². The summed E-state index contributed by atoms with van der Waals surface area (Å²) in [6, 6.07) is 25.1. The average molecular weight is 547 g/mol. The Labute approximate surface area is 237 Å². The fraction of sp³-hybridized carbons (Fsp3) is 0.394. The van der Waals surface area contributed by atoms with Gasteiger partial charge in [0, 0.05) is 49.1 Å². The molecule has 0 radical (unpaired) electrons. The molecule has 5 nitrogen and oxygen atoms in total.